The molecule has 0 unspecified atom stereocenters. The summed E-state index contributed by atoms with van der Waals surface area (Å²) in [6.45, 7) is 0.133. The normalized spacial score (nSPS) is 10.9. The predicted molar refractivity (Wildman–Crippen MR) is 99.6 cm³/mol. The Morgan fingerprint density at radius 3 is 2.62 bits per heavy atom. The summed E-state index contributed by atoms with van der Waals surface area (Å²) in [5.41, 5.74) is 4.15. The average molecular weight is 338 g/mol. The highest BCUT2D eigenvalue weighted by Gasteiger charge is 2.03. The minimum atomic E-state index is -0.230. The fourth-order valence-electron chi connectivity index (χ4n) is 2.35. The maximum atomic E-state index is 11.9. The molecule has 0 saturated carbocycles. The lowest BCUT2D eigenvalue weighted by atomic mass is 10.1. The van der Waals surface area contributed by atoms with Gasteiger partial charge in [0.25, 0.3) is 5.91 Å². The van der Waals surface area contributed by atoms with Crippen LogP contribution in [0.15, 0.2) is 71.8 Å². The molecule has 120 valence electrons. The lowest BCUT2D eigenvalue weighted by molar-refractivity contribution is -0.119. The van der Waals surface area contributed by atoms with Crippen LogP contribution in [0.4, 0.5) is 5.69 Å². The first-order chi connectivity index (χ1) is 11.7. The van der Waals surface area contributed by atoms with E-state index in [0.29, 0.717) is 5.02 Å². The molecule has 3 aromatic rings. The molecule has 0 atom stereocenters. The van der Waals surface area contributed by atoms with E-state index in [0.717, 1.165) is 22.0 Å². The van der Waals surface area contributed by atoms with Gasteiger partial charge in [0.1, 0.15) is 0 Å². The fourth-order valence-corrected chi connectivity index (χ4v) is 2.53. The van der Waals surface area contributed by atoms with Crippen molar-refractivity contribution in [2.75, 3.05) is 11.9 Å². The molecule has 0 bridgehead atoms. The van der Waals surface area contributed by atoms with Crippen molar-refractivity contribution in [3.05, 3.63) is 77.3 Å². The number of rotatable bonds is 5. The zero-order chi connectivity index (χ0) is 16.8. The number of hydrogen-bond donors (Lipinski definition) is 2. The molecule has 24 heavy (non-hydrogen) atoms. The summed E-state index contributed by atoms with van der Waals surface area (Å²) in [5, 5.41) is 9.85. The number of anilines is 1. The highest BCUT2D eigenvalue weighted by Crippen LogP contribution is 2.22. The minimum Gasteiger partial charge on any atom is -0.376 e. The Morgan fingerprint density at radius 2 is 1.75 bits per heavy atom. The molecule has 4 nitrogen and oxygen atoms in total. The molecule has 0 fully saturated rings. The molecular formula is C19H16ClN3O. The average Bonchev–Trinajstić information content (AvgIpc) is 2.61. The van der Waals surface area contributed by atoms with E-state index in [1.54, 1.807) is 6.07 Å². The van der Waals surface area contributed by atoms with E-state index in [2.05, 4.69) is 15.8 Å². The van der Waals surface area contributed by atoms with Crippen molar-refractivity contribution in [2.45, 2.75) is 0 Å². The second kappa shape index (κ2) is 7.62. The number of amides is 1. The lowest BCUT2D eigenvalue weighted by Crippen LogP contribution is -2.25. The summed E-state index contributed by atoms with van der Waals surface area (Å²) in [5.74, 6) is -0.230. The van der Waals surface area contributed by atoms with Crippen molar-refractivity contribution in [1.82, 2.24) is 5.43 Å². The minimum absolute atomic E-state index is 0.133. The zero-order valence-corrected chi connectivity index (χ0v) is 13.6. The van der Waals surface area contributed by atoms with Gasteiger partial charge < -0.3 is 5.32 Å². The van der Waals surface area contributed by atoms with Crippen LogP contribution in [0.25, 0.3) is 10.8 Å². The van der Waals surface area contributed by atoms with Crippen LogP contribution >= 0.6 is 11.6 Å². The van der Waals surface area contributed by atoms with Gasteiger partial charge >= 0.3 is 0 Å². The Balaban J connectivity index is 1.58. The molecule has 5 heteroatoms. The summed E-state index contributed by atoms with van der Waals surface area (Å²) >= 11 is 6.02. The third kappa shape index (κ3) is 3.91. The van der Waals surface area contributed by atoms with Gasteiger partial charge in [0.2, 0.25) is 0 Å². The summed E-state index contributed by atoms with van der Waals surface area (Å²) < 4.78 is 0. The molecule has 0 spiro atoms. The highest BCUT2D eigenvalue weighted by atomic mass is 35.5. The van der Waals surface area contributed by atoms with Gasteiger partial charge in [-0.25, -0.2) is 5.43 Å². The quantitative estimate of drug-likeness (QED) is 0.545. The summed E-state index contributed by atoms with van der Waals surface area (Å²) in [7, 11) is 0. The number of nitrogens with zero attached hydrogens (tertiary/aromatic N) is 1. The van der Waals surface area contributed by atoms with Crippen molar-refractivity contribution in [2.24, 2.45) is 5.10 Å². The first kappa shape index (κ1) is 16.0. The smallest absolute Gasteiger partial charge is 0.259 e. The maximum Gasteiger partial charge on any atom is 0.259 e. The molecule has 1 amide bonds. The number of hydrazone groups is 1. The first-order valence-corrected chi connectivity index (χ1v) is 7.90. The van der Waals surface area contributed by atoms with Crippen molar-refractivity contribution in [1.29, 1.82) is 0 Å². The van der Waals surface area contributed by atoms with Crippen molar-refractivity contribution < 1.29 is 4.79 Å². The van der Waals surface area contributed by atoms with Gasteiger partial charge in [-0.05, 0) is 17.5 Å². The van der Waals surface area contributed by atoms with Crippen LogP contribution < -0.4 is 10.7 Å². The Labute approximate surface area is 145 Å². The number of carbonyl (C=O) groups is 1. The van der Waals surface area contributed by atoms with Crippen molar-refractivity contribution >= 4 is 40.2 Å². The van der Waals surface area contributed by atoms with Crippen LogP contribution in [-0.4, -0.2) is 18.7 Å². The van der Waals surface area contributed by atoms with Crippen molar-refractivity contribution in [3.8, 4) is 0 Å². The van der Waals surface area contributed by atoms with Crippen LogP contribution in [0.3, 0.4) is 0 Å². The molecule has 3 aromatic carbocycles. The Morgan fingerprint density at radius 1 is 1.00 bits per heavy atom. The van der Waals surface area contributed by atoms with Gasteiger partial charge in [-0.1, -0.05) is 66.2 Å². The van der Waals surface area contributed by atoms with Gasteiger partial charge in [0, 0.05) is 21.7 Å². The van der Waals surface area contributed by atoms with E-state index in [1.807, 2.05) is 60.7 Å². The molecule has 0 aromatic heterocycles. The van der Waals surface area contributed by atoms with Crippen LogP contribution in [0, 0.1) is 0 Å². The second-order valence-electron chi connectivity index (χ2n) is 5.19. The second-order valence-corrected chi connectivity index (χ2v) is 5.60. The number of hydrogen-bond acceptors (Lipinski definition) is 3. The lowest BCUT2D eigenvalue weighted by Gasteiger charge is -2.08. The largest absolute Gasteiger partial charge is 0.376 e. The highest BCUT2D eigenvalue weighted by molar-refractivity contribution is 6.33. The molecule has 3 rings (SSSR count). The van der Waals surface area contributed by atoms with Crippen LogP contribution in [-0.2, 0) is 4.79 Å². The maximum absolute atomic E-state index is 11.9. The molecule has 0 aliphatic rings. The molecule has 0 heterocycles. The Bertz CT molecular complexity index is 887. The topological polar surface area (TPSA) is 53.5 Å². The predicted octanol–water partition coefficient (Wildman–Crippen LogP) is 4.06. The number of fused-ring (bicyclic) bond motifs is 1. The number of benzene rings is 3. The summed E-state index contributed by atoms with van der Waals surface area (Å²) in [4.78, 5) is 11.9. The Kier molecular flexibility index (Phi) is 5.08. The fraction of sp³-hybridized carbons (Fsp3) is 0.0526. The van der Waals surface area contributed by atoms with Gasteiger partial charge in [-0.3, -0.25) is 4.79 Å². The molecular weight excluding hydrogens is 322 g/mol. The molecule has 2 N–H and O–H groups in total. The summed E-state index contributed by atoms with van der Waals surface area (Å²) in [6.07, 6.45) is 1.53. The number of carbonyl (C=O) groups excluding carboxylic acids is 1. The van der Waals surface area contributed by atoms with E-state index < -0.39 is 0 Å². The molecule has 0 aliphatic heterocycles. The van der Waals surface area contributed by atoms with E-state index in [4.69, 9.17) is 11.6 Å². The van der Waals surface area contributed by atoms with Gasteiger partial charge in [-0.2, -0.15) is 5.10 Å². The SMILES string of the molecule is O=C(CNc1cccc2ccccc12)N/N=C\c1ccccc1Cl. The summed E-state index contributed by atoms with van der Waals surface area (Å²) in [6, 6.07) is 21.3. The van der Waals surface area contributed by atoms with E-state index in [9.17, 15) is 4.79 Å². The third-order valence-corrected chi connectivity index (χ3v) is 3.87. The molecule has 0 radical (unpaired) electrons. The number of nitrogens with one attached hydrogen (secondary N) is 2. The Hall–Kier alpha value is -2.85. The van der Waals surface area contributed by atoms with E-state index >= 15 is 0 Å². The van der Waals surface area contributed by atoms with Crippen molar-refractivity contribution in [3.63, 3.8) is 0 Å². The van der Waals surface area contributed by atoms with Crippen LogP contribution in [0.1, 0.15) is 5.56 Å². The van der Waals surface area contributed by atoms with Gasteiger partial charge in [0.05, 0.1) is 12.8 Å². The van der Waals surface area contributed by atoms with Crippen LogP contribution in [0.5, 0.6) is 0 Å². The molecule has 0 saturated heterocycles. The van der Waals surface area contributed by atoms with Gasteiger partial charge in [0.15, 0.2) is 0 Å². The monoisotopic (exact) mass is 337 g/mol. The third-order valence-electron chi connectivity index (χ3n) is 3.53. The van der Waals surface area contributed by atoms with Gasteiger partial charge in [-0.15, -0.1) is 0 Å². The zero-order valence-electron chi connectivity index (χ0n) is 12.9. The van der Waals surface area contributed by atoms with E-state index in [1.165, 1.54) is 6.21 Å². The first-order valence-electron chi connectivity index (χ1n) is 7.52. The molecule has 0 aliphatic carbocycles. The number of halogens is 1. The van der Waals surface area contributed by atoms with Crippen LogP contribution in [0.2, 0.25) is 5.02 Å². The van der Waals surface area contributed by atoms with E-state index in [-0.39, 0.29) is 12.5 Å². The standard InChI is InChI=1S/C19H16ClN3O/c20-17-10-4-2-7-15(17)12-22-23-19(24)13-21-18-11-5-8-14-6-1-3-9-16(14)18/h1-12,21H,13H2,(H,23,24)/b22-12-.